The summed E-state index contributed by atoms with van der Waals surface area (Å²) in [5, 5.41) is 1.22. The number of aromatic nitrogens is 1. The lowest BCUT2D eigenvalue weighted by atomic mass is 10.1. The Morgan fingerprint density at radius 2 is 1.79 bits per heavy atom. The highest BCUT2D eigenvalue weighted by Crippen LogP contribution is 2.39. The molecule has 5 nitrogen and oxygen atoms in total. The van der Waals surface area contributed by atoms with Crippen LogP contribution in [0.25, 0.3) is 10.2 Å². The van der Waals surface area contributed by atoms with E-state index in [-0.39, 0.29) is 18.3 Å². The zero-order valence-corrected chi connectivity index (χ0v) is 19.5. The SMILES string of the molecule is COc1ccc(Cl)c2sc(N(CCN(C)C)C(=O)c3cc(C)cc(C)c3)nc12.Cl. The molecule has 3 rings (SSSR count). The second-order valence-corrected chi connectivity index (χ2v) is 8.44. The molecule has 0 aliphatic heterocycles. The summed E-state index contributed by atoms with van der Waals surface area (Å²) in [6.45, 7) is 5.24. The van der Waals surface area contributed by atoms with Crippen LogP contribution in [0.2, 0.25) is 5.02 Å². The van der Waals surface area contributed by atoms with Crippen molar-refractivity contribution in [2.45, 2.75) is 13.8 Å². The van der Waals surface area contributed by atoms with E-state index in [0.29, 0.717) is 33.5 Å². The number of fused-ring (bicyclic) bond motifs is 1. The van der Waals surface area contributed by atoms with Gasteiger partial charge in [-0.3, -0.25) is 9.69 Å². The summed E-state index contributed by atoms with van der Waals surface area (Å²) in [5.74, 6) is 0.580. The number of thiazole rings is 1. The summed E-state index contributed by atoms with van der Waals surface area (Å²) in [6, 6.07) is 9.48. The summed E-state index contributed by atoms with van der Waals surface area (Å²) in [6.07, 6.45) is 0. The van der Waals surface area contributed by atoms with E-state index in [1.54, 1.807) is 24.1 Å². The Labute approximate surface area is 186 Å². The van der Waals surface area contributed by atoms with Crippen LogP contribution < -0.4 is 9.64 Å². The number of carbonyl (C=O) groups is 1. The second-order valence-electron chi connectivity index (χ2n) is 7.06. The fourth-order valence-corrected chi connectivity index (χ4v) is 4.34. The number of halogens is 2. The molecule has 29 heavy (non-hydrogen) atoms. The summed E-state index contributed by atoms with van der Waals surface area (Å²) < 4.78 is 6.24. The van der Waals surface area contributed by atoms with Gasteiger partial charge in [-0.25, -0.2) is 4.98 Å². The average Bonchev–Trinajstić information content (AvgIpc) is 3.07. The lowest BCUT2D eigenvalue weighted by molar-refractivity contribution is 0.0985. The van der Waals surface area contributed by atoms with Gasteiger partial charge in [0, 0.05) is 18.7 Å². The monoisotopic (exact) mass is 453 g/mol. The Morgan fingerprint density at radius 3 is 2.38 bits per heavy atom. The maximum Gasteiger partial charge on any atom is 0.260 e. The fourth-order valence-electron chi connectivity index (χ4n) is 3.06. The number of hydrogen-bond acceptors (Lipinski definition) is 5. The number of anilines is 1. The number of hydrogen-bond donors (Lipinski definition) is 0. The van der Waals surface area contributed by atoms with Gasteiger partial charge in [0.15, 0.2) is 5.13 Å². The first-order valence-corrected chi connectivity index (χ1v) is 10.2. The Bertz CT molecular complexity index is 1000. The van der Waals surface area contributed by atoms with Crippen LogP contribution in [0.15, 0.2) is 30.3 Å². The molecule has 0 saturated carbocycles. The number of amides is 1. The normalized spacial score (nSPS) is 10.9. The van der Waals surface area contributed by atoms with Crippen molar-refractivity contribution in [2.75, 3.05) is 39.2 Å². The number of methoxy groups -OCH3 is 1. The Hall–Kier alpha value is -1.86. The molecular formula is C21H25Cl2N3O2S. The predicted octanol–water partition coefficient (Wildman–Crippen LogP) is 5.21. The number of rotatable bonds is 6. The van der Waals surface area contributed by atoms with Crippen molar-refractivity contribution < 1.29 is 9.53 Å². The minimum atomic E-state index is -0.0669. The van der Waals surface area contributed by atoms with Crippen molar-refractivity contribution in [3.63, 3.8) is 0 Å². The van der Waals surface area contributed by atoms with E-state index in [0.717, 1.165) is 22.4 Å². The van der Waals surface area contributed by atoms with E-state index >= 15 is 0 Å². The van der Waals surface area contributed by atoms with Crippen LogP contribution >= 0.6 is 35.3 Å². The van der Waals surface area contributed by atoms with Gasteiger partial charge < -0.3 is 9.64 Å². The third kappa shape index (κ3) is 5.20. The molecule has 0 unspecified atom stereocenters. The molecule has 0 radical (unpaired) electrons. The summed E-state index contributed by atoms with van der Waals surface area (Å²) in [4.78, 5) is 21.9. The van der Waals surface area contributed by atoms with E-state index in [4.69, 9.17) is 21.3 Å². The average molecular weight is 454 g/mol. The van der Waals surface area contributed by atoms with Gasteiger partial charge in [-0.1, -0.05) is 40.1 Å². The third-order valence-electron chi connectivity index (χ3n) is 4.38. The van der Waals surface area contributed by atoms with Crippen LogP contribution in [0.3, 0.4) is 0 Å². The standard InChI is InChI=1S/C21H24ClN3O2S.ClH/c1-13-10-14(2)12-15(11-13)20(26)25(9-8-24(3)4)21-23-18-17(27-5)7-6-16(22)19(18)28-21;/h6-7,10-12H,8-9H2,1-5H3;1H. The van der Waals surface area contributed by atoms with Crippen LogP contribution in [-0.4, -0.2) is 50.1 Å². The Balaban J connectivity index is 0.00000300. The Kier molecular flexibility index (Phi) is 7.88. The predicted molar refractivity (Wildman–Crippen MR) is 125 cm³/mol. The molecule has 8 heteroatoms. The van der Waals surface area contributed by atoms with Crippen LogP contribution in [0.5, 0.6) is 5.75 Å². The molecule has 0 fully saturated rings. The highest BCUT2D eigenvalue weighted by atomic mass is 35.5. The van der Waals surface area contributed by atoms with Gasteiger partial charge in [0.25, 0.3) is 5.91 Å². The fraction of sp³-hybridized carbons (Fsp3) is 0.333. The van der Waals surface area contributed by atoms with Crippen LogP contribution in [-0.2, 0) is 0 Å². The molecule has 1 aromatic heterocycles. The molecule has 0 aliphatic carbocycles. The van der Waals surface area contributed by atoms with E-state index in [2.05, 4.69) is 6.07 Å². The van der Waals surface area contributed by atoms with E-state index in [1.807, 2.05) is 45.0 Å². The molecule has 0 N–H and O–H groups in total. The molecule has 0 aliphatic rings. The van der Waals surface area contributed by atoms with E-state index in [1.165, 1.54) is 11.3 Å². The highest BCUT2D eigenvalue weighted by molar-refractivity contribution is 7.23. The number of nitrogens with zero attached hydrogens (tertiary/aromatic N) is 3. The largest absolute Gasteiger partial charge is 0.494 e. The Morgan fingerprint density at radius 1 is 1.14 bits per heavy atom. The number of benzene rings is 2. The second kappa shape index (κ2) is 9.76. The highest BCUT2D eigenvalue weighted by Gasteiger charge is 2.23. The van der Waals surface area contributed by atoms with Crippen LogP contribution in [0.4, 0.5) is 5.13 Å². The molecule has 1 heterocycles. The molecule has 0 bridgehead atoms. The van der Waals surface area contributed by atoms with Crippen molar-refractivity contribution >= 4 is 56.6 Å². The maximum absolute atomic E-state index is 13.4. The zero-order valence-electron chi connectivity index (χ0n) is 17.2. The maximum atomic E-state index is 13.4. The van der Waals surface area contributed by atoms with Crippen molar-refractivity contribution in [3.8, 4) is 5.75 Å². The summed E-state index contributed by atoms with van der Waals surface area (Å²) in [7, 11) is 5.57. The van der Waals surface area contributed by atoms with E-state index < -0.39 is 0 Å². The lowest BCUT2D eigenvalue weighted by Gasteiger charge is -2.22. The molecule has 1 amide bonds. The molecule has 3 aromatic rings. The summed E-state index contributed by atoms with van der Waals surface area (Å²) >= 11 is 7.78. The van der Waals surface area contributed by atoms with Crippen molar-refractivity contribution in [1.82, 2.24) is 9.88 Å². The van der Waals surface area contributed by atoms with Crippen molar-refractivity contribution in [3.05, 3.63) is 52.0 Å². The molecule has 2 aromatic carbocycles. The van der Waals surface area contributed by atoms with Gasteiger partial charge in [0.1, 0.15) is 11.3 Å². The van der Waals surface area contributed by atoms with Gasteiger partial charge in [0.2, 0.25) is 0 Å². The molecular weight excluding hydrogens is 429 g/mol. The van der Waals surface area contributed by atoms with Crippen molar-refractivity contribution in [1.29, 1.82) is 0 Å². The van der Waals surface area contributed by atoms with E-state index in [9.17, 15) is 4.79 Å². The number of carbonyl (C=O) groups excluding carboxylic acids is 1. The van der Waals surface area contributed by atoms with Crippen LogP contribution in [0, 0.1) is 13.8 Å². The van der Waals surface area contributed by atoms with Gasteiger partial charge >= 0.3 is 0 Å². The minimum Gasteiger partial charge on any atom is -0.494 e. The first-order chi connectivity index (χ1) is 13.3. The molecule has 0 spiro atoms. The van der Waals surface area contributed by atoms with Crippen LogP contribution in [0.1, 0.15) is 21.5 Å². The van der Waals surface area contributed by atoms with Gasteiger partial charge in [-0.15, -0.1) is 12.4 Å². The minimum absolute atomic E-state index is 0. The zero-order chi connectivity index (χ0) is 20.4. The summed E-state index contributed by atoms with van der Waals surface area (Å²) in [5.41, 5.74) is 3.46. The van der Waals surface area contributed by atoms with Gasteiger partial charge in [-0.05, 0) is 52.2 Å². The third-order valence-corrected chi connectivity index (χ3v) is 5.92. The molecule has 0 atom stereocenters. The van der Waals surface area contributed by atoms with Gasteiger partial charge in [0.05, 0.1) is 16.8 Å². The first-order valence-electron chi connectivity index (χ1n) is 8.98. The first kappa shape index (κ1) is 23.4. The smallest absolute Gasteiger partial charge is 0.260 e. The quantitative estimate of drug-likeness (QED) is 0.513. The van der Waals surface area contributed by atoms with Crippen molar-refractivity contribution in [2.24, 2.45) is 0 Å². The molecule has 0 saturated heterocycles. The number of likely N-dealkylation sites (N-methyl/N-ethyl adjacent to an activating group) is 1. The van der Waals surface area contributed by atoms with Gasteiger partial charge in [-0.2, -0.15) is 0 Å². The lowest BCUT2D eigenvalue weighted by Crippen LogP contribution is -2.36. The molecule has 156 valence electrons. The number of ether oxygens (including phenoxy) is 1. The number of aryl methyl sites for hydroxylation is 2. The topological polar surface area (TPSA) is 45.7 Å².